The van der Waals surface area contributed by atoms with Gasteiger partial charge in [0.1, 0.15) is 17.8 Å². The van der Waals surface area contributed by atoms with E-state index in [0.29, 0.717) is 25.3 Å². The second-order valence-corrected chi connectivity index (χ2v) is 5.43. The highest BCUT2D eigenvalue weighted by Gasteiger charge is 2.15. The fourth-order valence-corrected chi connectivity index (χ4v) is 1.59. The Morgan fingerprint density at radius 3 is 2.57 bits per heavy atom. The van der Waals surface area contributed by atoms with Crippen molar-refractivity contribution >= 4 is 25.0 Å². The predicted octanol–water partition coefficient (Wildman–Crippen LogP) is 2.62. The summed E-state index contributed by atoms with van der Waals surface area (Å²) in [5, 5.41) is 15.3. The third-order valence-corrected chi connectivity index (χ3v) is 2.46. The molecule has 0 aromatic carbocycles. The van der Waals surface area contributed by atoms with Gasteiger partial charge in [-0.15, -0.1) is 0 Å². The topological polar surface area (TPSA) is 90.1 Å². The molecule has 7 nitrogen and oxygen atoms in total. The zero-order valence-electron chi connectivity index (χ0n) is 13.5. The number of amides is 1. The van der Waals surface area contributed by atoms with Crippen molar-refractivity contribution in [2.24, 2.45) is 10.1 Å². The van der Waals surface area contributed by atoms with E-state index in [2.05, 4.69) is 22.1 Å². The summed E-state index contributed by atoms with van der Waals surface area (Å²) in [4.78, 5) is 15.4. The van der Waals surface area contributed by atoms with Crippen molar-refractivity contribution < 1.29 is 9.53 Å². The Bertz CT molecular complexity index is 374. The third-order valence-electron chi connectivity index (χ3n) is 2.46. The highest BCUT2D eigenvalue weighted by molar-refractivity contribution is 5.87. The molecule has 0 unspecified atom stereocenters. The lowest BCUT2D eigenvalue weighted by Crippen LogP contribution is -2.33. The van der Waals surface area contributed by atoms with Crippen LogP contribution in [0.2, 0.25) is 0 Å². The summed E-state index contributed by atoms with van der Waals surface area (Å²) in [5.74, 6) is 0.708. The van der Waals surface area contributed by atoms with Crippen LogP contribution >= 0.6 is 0 Å². The first kappa shape index (κ1) is 19.1. The van der Waals surface area contributed by atoms with E-state index in [-0.39, 0.29) is 0 Å². The number of amidine groups is 1. The van der Waals surface area contributed by atoms with Gasteiger partial charge in [-0.1, -0.05) is 6.92 Å². The fourth-order valence-electron chi connectivity index (χ4n) is 1.59. The molecule has 0 heterocycles. The number of ether oxygens (including phenoxy) is 1. The summed E-state index contributed by atoms with van der Waals surface area (Å²) in [5.41, 5.74) is -0.479. The Labute approximate surface area is 127 Å². The largest absolute Gasteiger partial charge is 0.444 e. The molecule has 120 valence electrons. The van der Waals surface area contributed by atoms with E-state index < -0.39 is 11.7 Å². The van der Waals surface area contributed by atoms with Gasteiger partial charge < -0.3 is 10.1 Å². The van der Waals surface area contributed by atoms with Crippen LogP contribution in [0.5, 0.6) is 0 Å². The van der Waals surface area contributed by atoms with Gasteiger partial charge in [0.25, 0.3) is 0 Å². The summed E-state index contributed by atoms with van der Waals surface area (Å²) < 4.78 is 5.14. The molecule has 2 N–H and O–H groups in total. The first-order chi connectivity index (χ1) is 9.84. The van der Waals surface area contributed by atoms with Crippen LogP contribution in [0.1, 0.15) is 47.0 Å². The minimum atomic E-state index is -0.479. The molecular formula is C14H27N5O2. The molecule has 0 saturated heterocycles. The predicted molar refractivity (Wildman–Crippen MR) is 86.2 cm³/mol. The Balaban J connectivity index is 3.98. The average Bonchev–Trinajstić information content (AvgIpc) is 2.38. The highest BCUT2D eigenvalue weighted by atomic mass is 16.6. The number of rotatable bonds is 8. The molecular weight excluding hydrogens is 270 g/mol. The van der Waals surface area contributed by atoms with Crippen molar-refractivity contribution in [2.75, 3.05) is 13.1 Å². The Morgan fingerprint density at radius 2 is 2.10 bits per heavy atom. The molecule has 21 heavy (non-hydrogen) atoms. The summed E-state index contributed by atoms with van der Waals surface area (Å²) in [6.07, 6.45) is 2.91. The SMILES string of the molecule is C=NN(CCCCNC(=O)OC(C)(C)C)/C(CC)=N/C=N. The average molecular weight is 297 g/mol. The maximum absolute atomic E-state index is 11.4. The van der Waals surface area contributed by atoms with E-state index in [0.717, 1.165) is 19.2 Å². The minimum absolute atomic E-state index is 0.402. The normalized spacial score (nSPS) is 11.7. The number of unbranched alkanes of at least 4 members (excludes halogenated alkanes) is 1. The molecule has 0 aliphatic heterocycles. The number of aliphatic imine (C=N–C) groups is 1. The van der Waals surface area contributed by atoms with Crippen LogP contribution in [0.15, 0.2) is 10.1 Å². The van der Waals surface area contributed by atoms with Crippen LogP contribution in [-0.2, 0) is 4.74 Å². The third kappa shape index (κ3) is 9.59. The van der Waals surface area contributed by atoms with Gasteiger partial charge in [-0.25, -0.2) is 9.79 Å². The van der Waals surface area contributed by atoms with Gasteiger partial charge in [0.2, 0.25) is 0 Å². The minimum Gasteiger partial charge on any atom is -0.444 e. The maximum Gasteiger partial charge on any atom is 0.407 e. The first-order valence-corrected chi connectivity index (χ1v) is 7.10. The lowest BCUT2D eigenvalue weighted by Gasteiger charge is -2.20. The number of carbonyl (C=O) groups excluding carboxylic acids is 1. The summed E-state index contributed by atoms with van der Waals surface area (Å²) in [7, 11) is 0. The van der Waals surface area contributed by atoms with Crippen molar-refractivity contribution in [3.05, 3.63) is 0 Å². The Kier molecular flexibility index (Phi) is 9.00. The molecule has 0 rings (SSSR count). The molecule has 0 aliphatic carbocycles. The Morgan fingerprint density at radius 1 is 1.43 bits per heavy atom. The number of hydrogen-bond acceptors (Lipinski definition) is 4. The van der Waals surface area contributed by atoms with Gasteiger partial charge in [-0.05, 0) is 33.6 Å². The lowest BCUT2D eigenvalue weighted by molar-refractivity contribution is 0.0527. The molecule has 0 atom stereocenters. The van der Waals surface area contributed by atoms with E-state index in [9.17, 15) is 4.79 Å². The van der Waals surface area contributed by atoms with Crippen molar-refractivity contribution in [3.63, 3.8) is 0 Å². The summed E-state index contributed by atoms with van der Waals surface area (Å²) >= 11 is 0. The number of nitrogens with zero attached hydrogens (tertiary/aromatic N) is 3. The fraction of sp³-hybridized carbons (Fsp3) is 0.714. The number of alkyl carbamates (subject to hydrolysis) is 1. The first-order valence-electron chi connectivity index (χ1n) is 7.10. The second kappa shape index (κ2) is 9.90. The van der Waals surface area contributed by atoms with Crippen LogP contribution in [0.3, 0.4) is 0 Å². The van der Waals surface area contributed by atoms with E-state index in [1.807, 2.05) is 27.7 Å². The molecule has 0 radical (unpaired) electrons. The monoisotopic (exact) mass is 297 g/mol. The molecule has 0 aromatic heterocycles. The van der Waals surface area contributed by atoms with E-state index in [1.165, 1.54) is 0 Å². The Hall–Kier alpha value is -1.92. The molecule has 0 saturated carbocycles. The summed E-state index contributed by atoms with van der Waals surface area (Å²) in [6.45, 7) is 12.1. The van der Waals surface area contributed by atoms with Gasteiger partial charge in [-0.2, -0.15) is 5.10 Å². The van der Waals surface area contributed by atoms with Gasteiger partial charge in [0.05, 0.1) is 0 Å². The van der Waals surface area contributed by atoms with Gasteiger partial charge in [-0.3, -0.25) is 10.4 Å². The molecule has 0 fully saturated rings. The highest BCUT2D eigenvalue weighted by Crippen LogP contribution is 2.06. The van der Waals surface area contributed by atoms with Crippen molar-refractivity contribution in [1.29, 1.82) is 5.41 Å². The van der Waals surface area contributed by atoms with Crippen molar-refractivity contribution in [1.82, 2.24) is 10.3 Å². The molecule has 0 spiro atoms. The molecule has 0 aliphatic rings. The number of hydrazone groups is 1. The van der Waals surface area contributed by atoms with Crippen LogP contribution in [-0.4, -0.2) is 48.7 Å². The molecule has 0 aromatic rings. The standard InChI is InChI=1S/C14H27N5O2/c1-6-12(18-11-15)19(16-5)10-8-7-9-17-13(20)21-14(2,3)4/h11,15H,5-10H2,1-4H3,(H,17,20)/b15-11?,18-12+. The van der Waals surface area contributed by atoms with Gasteiger partial charge >= 0.3 is 6.09 Å². The van der Waals surface area contributed by atoms with Crippen LogP contribution < -0.4 is 5.32 Å². The zero-order valence-corrected chi connectivity index (χ0v) is 13.5. The van der Waals surface area contributed by atoms with E-state index in [1.54, 1.807) is 5.01 Å². The van der Waals surface area contributed by atoms with Crippen molar-refractivity contribution in [3.8, 4) is 0 Å². The number of nitrogens with one attached hydrogen (secondary N) is 2. The van der Waals surface area contributed by atoms with Crippen LogP contribution in [0.4, 0.5) is 4.79 Å². The molecule has 0 bridgehead atoms. The van der Waals surface area contributed by atoms with E-state index >= 15 is 0 Å². The number of carbonyl (C=O) groups is 1. The second-order valence-electron chi connectivity index (χ2n) is 5.43. The maximum atomic E-state index is 11.4. The molecule has 7 heteroatoms. The van der Waals surface area contributed by atoms with Crippen molar-refractivity contribution in [2.45, 2.75) is 52.6 Å². The molecule has 1 amide bonds. The number of hydrogen-bond donors (Lipinski definition) is 2. The van der Waals surface area contributed by atoms with Crippen LogP contribution in [0, 0.1) is 5.41 Å². The smallest absolute Gasteiger partial charge is 0.407 e. The van der Waals surface area contributed by atoms with Gasteiger partial charge in [0, 0.05) is 26.2 Å². The van der Waals surface area contributed by atoms with E-state index in [4.69, 9.17) is 10.1 Å². The van der Waals surface area contributed by atoms with Crippen LogP contribution in [0.25, 0.3) is 0 Å². The quantitative estimate of drug-likeness (QED) is 0.312. The zero-order chi connectivity index (χ0) is 16.3. The lowest BCUT2D eigenvalue weighted by atomic mass is 10.2. The van der Waals surface area contributed by atoms with Gasteiger partial charge in [0.15, 0.2) is 0 Å². The summed E-state index contributed by atoms with van der Waals surface area (Å²) in [6, 6.07) is 0.